The highest BCUT2D eigenvalue weighted by molar-refractivity contribution is 6.42. The third-order valence-electron chi connectivity index (χ3n) is 11.2. The molecule has 2 aromatic carbocycles. The number of likely N-dealkylation sites (tertiary alicyclic amines) is 3. The van der Waals surface area contributed by atoms with E-state index in [9.17, 15) is 19.5 Å². The highest BCUT2D eigenvalue weighted by Crippen LogP contribution is 2.42. The molecule has 16 heteroatoms. The Morgan fingerprint density at radius 3 is 2.53 bits per heavy atom. The van der Waals surface area contributed by atoms with Gasteiger partial charge in [0.05, 0.1) is 33.9 Å². The first kappa shape index (κ1) is 36.6. The van der Waals surface area contributed by atoms with Gasteiger partial charge in [0, 0.05) is 50.5 Å². The summed E-state index contributed by atoms with van der Waals surface area (Å²) < 4.78 is 7.09. The second-order valence-corrected chi connectivity index (χ2v) is 14.9. The summed E-state index contributed by atoms with van der Waals surface area (Å²) in [6.45, 7) is 3.53. The van der Waals surface area contributed by atoms with E-state index in [1.165, 1.54) is 15.9 Å². The van der Waals surface area contributed by atoms with E-state index >= 15 is 0 Å². The molecule has 4 aromatic rings. The molecule has 2 aromatic heterocycles. The van der Waals surface area contributed by atoms with Crippen molar-refractivity contribution in [3.05, 3.63) is 94.0 Å². The number of piperidine rings is 1. The lowest BCUT2D eigenvalue weighted by molar-refractivity contribution is -0.141. The minimum atomic E-state index is -0.983. The maximum Gasteiger partial charge on any atom is 0.326 e. The number of aliphatic carboxylic acids is 1. The van der Waals surface area contributed by atoms with E-state index in [0.29, 0.717) is 85.5 Å². The molecule has 7 rings (SSSR count). The molecular weight excluding hydrogens is 721 g/mol. The molecule has 5 heterocycles. The number of aromatic nitrogens is 5. The Balaban J connectivity index is 1.09. The van der Waals surface area contributed by atoms with Crippen molar-refractivity contribution in [1.82, 2.24) is 45.2 Å². The minimum Gasteiger partial charge on any atom is -0.496 e. The van der Waals surface area contributed by atoms with Crippen LogP contribution in [0.5, 0.6) is 5.75 Å². The molecule has 0 saturated carbocycles. The van der Waals surface area contributed by atoms with E-state index in [2.05, 4.69) is 30.7 Å². The standard InChI is InChI=1S/C37H41Cl2N9O5/c1-53-32-9-7-27(48-24-41-43-44-48)21-28(32)33(49)46-19-11-36(23-46,25-6-8-29(38)30(39)20-25)10-16-45-17-12-37(13-18-45,26-4-2-14-40-22-26)42-35(52)47-15-3-5-31(47)34(50)51/h2,4,6-9,14,20-22,24,31H,3,5,10-13,15-19,23H2,1H3,(H,42,52)(H,50,51). The zero-order valence-electron chi connectivity index (χ0n) is 29.3. The van der Waals surface area contributed by atoms with Crippen molar-refractivity contribution in [2.24, 2.45) is 0 Å². The number of benzene rings is 2. The zero-order chi connectivity index (χ0) is 37.2. The quantitative estimate of drug-likeness (QED) is 0.230. The van der Waals surface area contributed by atoms with Crippen molar-refractivity contribution >= 4 is 41.1 Å². The number of ether oxygens (including phenoxy) is 1. The number of amides is 3. The van der Waals surface area contributed by atoms with Crippen LogP contribution in [0.1, 0.15) is 60.0 Å². The molecule has 53 heavy (non-hydrogen) atoms. The van der Waals surface area contributed by atoms with E-state index in [1.54, 1.807) is 37.7 Å². The second-order valence-electron chi connectivity index (χ2n) is 14.1. The summed E-state index contributed by atoms with van der Waals surface area (Å²) in [6.07, 6.45) is 8.77. The van der Waals surface area contributed by atoms with Crippen LogP contribution in [0.15, 0.2) is 67.3 Å². The van der Waals surface area contributed by atoms with Crippen LogP contribution in [0, 0.1) is 0 Å². The Morgan fingerprint density at radius 2 is 1.83 bits per heavy atom. The summed E-state index contributed by atoms with van der Waals surface area (Å²) in [5.74, 6) is -0.681. The normalized spacial score (nSPS) is 21.5. The van der Waals surface area contributed by atoms with Crippen LogP contribution in [-0.4, -0.2) is 115 Å². The summed E-state index contributed by atoms with van der Waals surface area (Å²) in [7, 11) is 1.54. The summed E-state index contributed by atoms with van der Waals surface area (Å²) in [4.78, 5) is 49.7. The number of carboxylic acid groups (broad SMARTS) is 1. The molecule has 0 spiro atoms. The SMILES string of the molecule is COc1ccc(-n2cnnn2)cc1C(=O)N1CCC(CCN2CCC(NC(=O)N3CCCC3C(=O)O)(c3cccnc3)CC2)(c2ccc(Cl)c(Cl)c2)C1. The zero-order valence-corrected chi connectivity index (χ0v) is 30.8. The molecule has 278 valence electrons. The topological polar surface area (TPSA) is 159 Å². The highest BCUT2D eigenvalue weighted by Gasteiger charge is 2.45. The van der Waals surface area contributed by atoms with Gasteiger partial charge in [-0.1, -0.05) is 35.3 Å². The fourth-order valence-electron chi connectivity index (χ4n) is 8.12. The molecule has 3 aliphatic rings. The maximum atomic E-state index is 14.2. The Kier molecular flexibility index (Phi) is 10.5. The number of urea groups is 1. The van der Waals surface area contributed by atoms with Gasteiger partial charge in [0.1, 0.15) is 18.1 Å². The van der Waals surface area contributed by atoms with Crippen LogP contribution < -0.4 is 10.1 Å². The predicted molar refractivity (Wildman–Crippen MR) is 196 cm³/mol. The fraction of sp³-hybridized carbons (Fsp3) is 0.432. The number of nitrogens with zero attached hydrogens (tertiary/aromatic N) is 8. The number of hydrogen-bond donors (Lipinski definition) is 2. The first-order valence-corrected chi connectivity index (χ1v) is 18.5. The second kappa shape index (κ2) is 15.3. The number of carbonyl (C=O) groups is 3. The molecule has 0 aliphatic carbocycles. The summed E-state index contributed by atoms with van der Waals surface area (Å²) in [5.41, 5.74) is 1.87. The van der Waals surface area contributed by atoms with Gasteiger partial charge in [-0.3, -0.25) is 9.78 Å². The molecule has 3 fully saturated rings. The van der Waals surface area contributed by atoms with Gasteiger partial charge in [-0.2, -0.15) is 0 Å². The molecular formula is C37H41Cl2N9O5. The van der Waals surface area contributed by atoms with Gasteiger partial charge >= 0.3 is 12.0 Å². The third-order valence-corrected chi connectivity index (χ3v) is 11.9. The van der Waals surface area contributed by atoms with E-state index in [4.69, 9.17) is 27.9 Å². The maximum absolute atomic E-state index is 14.2. The fourth-order valence-corrected chi connectivity index (χ4v) is 8.41. The van der Waals surface area contributed by atoms with Gasteiger partial charge in [0.2, 0.25) is 0 Å². The largest absolute Gasteiger partial charge is 0.496 e. The van der Waals surface area contributed by atoms with Crippen LogP contribution in [0.2, 0.25) is 10.0 Å². The van der Waals surface area contributed by atoms with Gasteiger partial charge in [-0.25, -0.2) is 14.3 Å². The molecule has 2 N–H and O–H groups in total. The highest BCUT2D eigenvalue weighted by atomic mass is 35.5. The third kappa shape index (κ3) is 7.40. The lowest BCUT2D eigenvalue weighted by Gasteiger charge is -2.44. The molecule has 14 nitrogen and oxygen atoms in total. The van der Waals surface area contributed by atoms with Crippen LogP contribution in [0.3, 0.4) is 0 Å². The molecule has 3 amide bonds. The summed E-state index contributed by atoms with van der Waals surface area (Å²) >= 11 is 12.9. The number of carboxylic acids is 1. The Hall–Kier alpha value is -4.79. The predicted octanol–water partition coefficient (Wildman–Crippen LogP) is 4.80. The van der Waals surface area contributed by atoms with Crippen LogP contribution in [-0.2, 0) is 15.7 Å². The van der Waals surface area contributed by atoms with Crippen molar-refractivity contribution < 1.29 is 24.2 Å². The van der Waals surface area contributed by atoms with E-state index in [0.717, 1.165) is 30.5 Å². The van der Waals surface area contributed by atoms with Gasteiger partial charge in [0.25, 0.3) is 5.91 Å². The van der Waals surface area contributed by atoms with E-state index in [1.807, 2.05) is 35.2 Å². The average molecular weight is 763 g/mol. The number of tetrazole rings is 1. The van der Waals surface area contributed by atoms with Crippen LogP contribution >= 0.6 is 23.2 Å². The average Bonchev–Trinajstić information content (AvgIpc) is 3.98. The number of methoxy groups -OCH3 is 1. The summed E-state index contributed by atoms with van der Waals surface area (Å²) in [6, 6.07) is 13.6. The Labute approximate surface area is 317 Å². The summed E-state index contributed by atoms with van der Waals surface area (Å²) in [5, 5.41) is 25.3. The lowest BCUT2D eigenvalue weighted by atomic mass is 9.76. The molecule has 3 saturated heterocycles. The van der Waals surface area contributed by atoms with Gasteiger partial charge < -0.3 is 29.9 Å². The number of rotatable bonds is 10. The lowest BCUT2D eigenvalue weighted by Crippen LogP contribution is -2.57. The van der Waals surface area contributed by atoms with Crippen LogP contribution in [0.25, 0.3) is 5.69 Å². The van der Waals surface area contributed by atoms with Gasteiger partial charge in [0.15, 0.2) is 0 Å². The number of pyridine rings is 1. The Bertz CT molecular complexity index is 1960. The number of hydrogen-bond acceptors (Lipinski definition) is 9. The molecule has 2 unspecified atom stereocenters. The number of halogens is 2. The van der Waals surface area contributed by atoms with E-state index < -0.39 is 23.0 Å². The van der Waals surface area contributed by atoms with Crippen molar-refractivity contribution in [1.29, 1.82) is 0 Å². The van der Waals surface area contributed by atoms with Crippen molar-refractivity contribution in [3.8, 4) is 11.4 Å². The molecule has 0 radical (unpaired) electrons. The van der Waals surface area contributed by atoms with Crippen molar-refractivity contribution in [2.75, 3.05) is 46.4 Å². The van der Waals surface area contributed by atoms with E-state index in [-0.39, 0.29) is 11.9 Å². The van der Waals surface area contributed by atoms with Crippen molar-refractivity contribution in [3.63, 3.8) is 0 Å². The van der Waals surface area contributed by atoms with Crippen LogP contribution in [0.4, 0.5) is 4.79 Å². The van der Waals surface area contributed by atoms with Gasteiger partial charge in [-0.05, 0) is 103 Å². The first-order chi connectivity index (χ1) is 25.6. The van der Waals surface area contributed by atoms with Crippen molar-refractivity contribution in [2.45, 2.75) is 55.5 Å². The van der Waals surface area contributed by atoms with Gasteiger partial charge in [-0.15, -0.1) is 5.10 Å². The molecule has 0 bridgehead atoms. The number of carbonyl (C=O) groups excluding carboxylic acids is 2. The molecule has 2 atom stereocenters. The molecule has 3 aliphatic heterocycles. The Morgan fingerprint density at radius 1 is 1.00 bits per heavy atom. The minimum absolute atomic E-state index is 0.156. The smallest absolute Gasteiger partial charge is 0.326 e. The monoisotopic (exact) mass is 761 g/mol. The first-order valence-electron chi connectivity index (χ1n) is 17.7. The number of nitrogens with one attached hydrogen (secondary N) is 1.